The van der Waals surface area contributed by atoms with E-state index in [4.69, 9.17) is 72.2 Å². The second-order valence-corrected chi connectivity index (χ2v) is 14.2. The largest absolute Gasteiger partial charge is 0.481 e. The van der Waals surface area contributed by atoms with Gasteiger partial charge in [0.1, 0.15) is 0 Å². The molecule has 65 heavy (non-hydrogen) atoms. The van der Waals surface area contributed by atoms with Crippen molar-refractivity contribution in [2.24, 2.45) is 5.41 Å². The maximum absolute atomic E-state index is 12.3. The molecule has 24 heteroatoms. The van der Waals surface area contributed by atoms with Crippen LogP contribution in [0.5, 0.6) is 0 Å². The number of hydrogen-bond acceptors (Lipinski definition) is 18. The molecule has 24 nitrogen and oxygen atoms in total. The molecule has 0 bridgehead atoms. The van der Waals surface area contributed by atoms with Crippen molar-refractivity contribution < 1.29 is 101 Å². The first-order valence-corrected chi connectivity index (χ1v) is 21.8. The molecular weight excluding hydrogens is 870 g/mol. The number of carbonyl (C=O) groups is 6. The van der Waals surface area contributed by atoms with E-state index in [1.807, 2.05) is 6.92 Å². The van der Waals surface area contributed by atoms with Gasteiger partial charge >= 0.3 is 17.9 Å². The maximum atomic E-state index is 12.3. The first-order valence-electron chi connectivity index (χ1n) is 21.8. The van der Waals surface area contributed by atoms with Crippen LogP contribution in [0.15, 0.2) is 0 Å². The van der Waals surface area contributed by atoms with Crippen LogP contribution in [0, 0.1) is 5.41 Å². The van der Waals surface area contributed by atoms with Crippen LogP contribution in [0.1, 0.15) is 45.4 Å². The molecule has 0 heterocycles. The van der Waals surface area contributed by atoms with Gasteiger partial charge in [-0.3, -0.25) is 28.8 Å². The van der Waals surface area contributed by atoms with Gasteiger partial charge in [-0.15, -0.1) is 0 Å². The van der Waals surface area contributed by atoms with Gasteiger partial charge in [0.15, 0.2) is 0 Å². The first-order chi connectivity index (χ1) is 31.4. The van der Waals surface area contributed by atoms with Crippen molar-refractivity contribution in [1.82, 2.24) is 16.0 Å². The highest BCUT2D eigenvalue weighted by molar-refractivity contribution is 5.76. The average Bonchev–Trinajstić information content (AvgIpc) is 3.26. The summed E-state index contributed by atoms with van der Waals surface area (Å²) in [7, 11) is 0. The molecule has 0 saturated carbocycles. The molecule has 0 rings (SSSR count). The minimum Gasteiger partial charge on any atom is -0.481 e. The summed E-state index contributed by atoms with van der Waals surface area (Å²) in [4.78, 5) is 68.3. The summed E-state index contributed by atoms with van der Waals surface area (Å²) in [6, 6.07) is 0. The van der Waals surface area contributed by atoms with Gasteiger partial charge in [-0.25, -0.2) is 0 Å². The Labute approximate surface area is 381 Å². The smallest absolute Gasteiger partial charge is 0.305 e. The van der Waals surface area contributed by atoms with E-state index in [1.54, 1.807) is 0 Å². The number of nitrogens with one attached hydrogen (secondary N) is 3. The molecule has 380 valence electrons. The zero-order valence-electron chi connectivity index (χ0n) is 38.0. The summed E-state index contributed by atoms with van der Waals surface area (Å²) >= 11 is 0. The molecule has 3 amide bonds. The van der Waals surface area contributed by atoms with E-state index in [0.717, 1.165) is 0 Å². The summed E-state index contributed by atoms with van der Waals surface area (Å²) in [5.41, 5.74) is -0.676. The van der Waals surface area contributed by atoms with Crippen LogP contribution in [0.25, 0.3) is 0 Å². The molecule has 0 aromatic carbocycles. The zero-order valence-corrected chi connectivity index (χ0v) is 38.0. The van der Waals surface area contributed by atoms with Crippen molar-refractivity contribution in [1.29, 1.82) is 0 Å². The Morgan fingerprint density at radius 2 is 0.508 bits per heavy atom. The Morgan fingerprint density at radius 1 is 0.308 bits per heavy atom. The summed E-state index contributed by atoms with van der Waals surface area (Å²) in [5.74, 6) is -3.43. The summed E-state index contributed by atoms with van der Waals surface area (Å²) < 4.78 is 65.2. The Kier molecular flexibility index (Phi) is 42.9. The number of carboxylic acid groups (broad SMARTS) is 3. The minimum absolute atomic E-state index is 0.0613. The molecule has 0 aromatic rings. The predicted octanol–water partition coefficient (Wildman–Crippen LogP) is -0.865. The lowest BCUT2D eigenvalue weighted by atomic mass is 9.94. The molecule has 0 aromatic heterocycles. The van der Waals surface area contributed by atoms with Crippen molar-refractivity contribution in [3.8, 4) is 0 Å². The van der Waals surface area contributed by atoms with E-state index in [9.17, 15) is 28.8 Å². The fourth-order valence-electron chi connectivity index (χ4n) is 4.73. The second-order valence-electron chi connectivity index (χ2n) is 14.2. The lowest BCUT2D eigenvalue weighted by Gasteiger charge is -2.29. The number of carboxylic acids is 3. The molecule has 0 radical (unpaired) electrons. The number of carbonyl (C=O) groups excluding carboxylic acids is 3. The van der Waals surface area contributed by atoms with Gasteiger partial charge in [0.2, 0.25) is 17.7 Å². The van der Waals surface area contributed by atoms with Crippen molar-refractivity contribution in [3.63, 3.8) is 0 Å². The number of amides is 3. The molecular formula is C41H75N3O21. The first kappa shape index (κ1) is 61.3. The van der Waals surface area contributed by atoms with Crippen LogP contribution < -0.4 is 16.0 Å². The van der Waals surface area contributed by atoms with E-state index < -0.39 is 23.3 Å². The summed E-state index contributed by atoms with van der Waals surface area (Å²) in [6.07, 6.45) is 0.128. The minimum atomic E-state index is -0.922. The van der Waals surface area contributed by atoms with Crippen LogP contribution >= 0.6 is 0 Å². The fourth-order valence-corrected chi connectivity index (χ4v) is 4.73. The third-order valence-corrected chi connectivity index (χ3v) is 8.09. The average molecular weight is 946 g/mol. The number of aliphatic carboxylic acids is 3. The topological polar surface area (TPSA) is 310 Å². The lowest BCUT2D eigenvalue weighted by molar-refractivity contribution is -0.139. The van der Waals surface area contributed by atoms with Crippen molar-refractivity contribution in [3.05, 3.63) is 0 Å². The Hall–Kier alpha value is -3.66. The highest BCUT2D eigenvalue weighted by atomic mass is 16.6. The molecule has 0 aliphatic heterocycles. The Bertz CT molecular complexity index is 1080. The molecule has 0 saturated heterocycles. The standard InChI is InChI=1S/C41H75N3O21/c1-41(32-63-11-2-35(45)42-8-17-57-23-29-60-26-20-54-14-5-38(48)49,33-64-12-3-36(46)43-9-18-58-24-30-61-27-21-55-15-6-39(50)51)34-65-13-4-37(47)44-10-19-59-25-31-62-28-22-56-16-7-40(52)53/h2-34H2,1H3,(H,42,45)(H,43,46)(H,44,47)(H,48,49)(H,50,51)(H,52,53). The van der Waals surface area contributed by atoms with E-state index in [0.29, 0.717) is 79.1 Å². The Balaban J connectivity index is 4.40. The van der Waals surface area contributed by atoms with Gasteiger partial charge in [0.25, 0.3) is 0 Å². The number of ether oxygens (including phenoxy) is 12. The van der Waals surface area contributed by atoms with Gasteiger partial charge < -0.3 is 88.1 Å². The van der Waals surface area contributed by atoms with Crippen LogP contribution in [-0.2, 0) is 85.6 Å². The van der Waals surface area contributed by atoms with Crippen LogP contribution in [0.4, 0.5) is 0 Å². The molecule has 0 aliphatic rings. The van der Waals surface area contributed by atoms with E-state index in [-0.39, 0.29) is 155 Å². The molecule has 6 N–H and O–H groups in total. The summed E-state index contributed by atoms with van der Waals surface area (Å²) in [6.45, 7) is 8.67. The van der Waals surface area contributed by atoms with Crippen molar-refractivity contribution in [2.75, 3.05) is 178 Å². The molecule has 0 aliphatic carbocycles. The van der Waals surface area contributed by atoms with Crippen molar-refractivity contribution in [2.45, 2.75) is 45.4 Å². The SMILES string of the molecule is CC(COCCC(=O)NCCOCCOCCOCCC(=O)O)(COCCC(=O)NCCOCCOCCOCCC(=O)O)COCCC(=O)NCCOCCOCCOCCC(=O)O. The number of hydrogen-bond donors (Lipinski definition) is 6. The second kappa shape index (κ2) is 45.5. The van der Waals surface area contributed by atoms with Gasteiger partial charge in [0, 0.05) is 44.3 Å². The highest BCUT2D eigenvalue weighted by Gasteiger charge is 2.26. The highest BCUT2D eigenvalue weighted by Crippen LogP contribution is 2.19. The van der Waals surface area contributed by atoms with Gasteiger partial charge in [-0.1, -0.05) is 6.92 Å². The normalized spacial score (nSPS) is 11.4. The third-order valence-electron chi connectivity index (χ3n) is 8.09. The van der Waals surface area contributed by atoms with E-state index in [2.05, 4.69) is 16.0 Å². The van der Waals surface area contributed by atoms with Crippen LogP contribution in [-0.4, -0.2) is 229 Å². The molecule has 0 unspecified atom stereocenters. The zero-order chi connectivity index (χ0) is 47.9. The molecule has 0 spiro atoms. The quantitative estimate of drug-likeness (QED) is 0.0404. The molecule has 0 fully saturated rings. The van der Waals surface area contributed by atoms with E-state index >= 15 is 0 Å². The molecule has 0 atom stereocenters. The maximum Gasteiger partial charge on any atom is 0.305 e. The summed E-state index contributed by atoms with van der Waals surface area (Å²) in [5, 5.41) is 34.0. The predicted molar refractivity (Wildman–Crippen MR) is 228 cm³/mol. The third kappa shape index (κ3) is 48.1. The van der Waals surface area contributed by atoms with Crippen molar-refractivity contribution >= 4 is 35.6 Å². The van der Waals surface area contributed by atoms with Gasteiger partial charge in [0.05, 0.1) is 178 Å². The fraction of sp³-hybridized carbons (Fsp3) is 0.854. The van der Waals surface area contributed by atoms with Crippen LogP contribution in [0.3, 0.4) is 0 Å². The Morgan fingerprint density at radius 3 is 0.738 bits per heavy atom. The van der Waals surface area contributed by atoms with Gasteiger partial charge in [-0.05, 0) is 0 Å². The van der Waals surface area contributed by atoms with Gasteiger partial charge in [-0.2, -0.15) is 0 Å². The van der Waals surface area contributed by atoms with Crippen LogP contribution in [0.2, 0.25) is 0 Å². The lowest BCUT2D eigenvalue weighted by Crippen LogP contribution is -2.36. The van der Waals surface area contributed by atoms with E-state index in [1.165, 1.54) is 0 Å². The number of rotatable bonds is 51. The monoisotopic (exact) mass is 945 g/mol.